The number of carbonyl (C=O) groups is 1. The zero-order valence-corrected chi connectivity index (χ0v) is 20.7. The van der Waals surface area contributed by atoms with Gasteiger partial charge in [-0.2, -0.15) is 0 Å². The molecular formula is C24H17N5O9S. The van der Waals surface area contributed by atoms with E-state index in [1.165, 1.54) is 37.4 Å². The number of benzene rings is 4. The number of phenolic OH excluding ortho intramolecular Hbond substituents is 1. The number of amides is 1. The quantitative estimate of drug-likeness (QED) is 0.129. The molecule has 198 valence electrons. The van der Waals surface area contributed by atoms with E-state index in [1.54, 1.807) is 18.2 Å². The molecule has 0 bridgehead atoms. The van der Waals surface area contributed by atoms with Gasteiger partial charge in [-0.1, -0.05) is 24.3 Å². The predicted molar refractivity (Wildman–Crippen MR) is 138 cm³/mol. The number of fused-ring (bicyclic) bond motifs is 1. The molecule has 0 fully saturated rings. The summed E-state index contributed by atoms with van der Waals surface area (Å²) in [6.45, 7) is 0. The first-order chi connectivity index (χ1) is 18.5. The number of methoxy groups -OCH3 is 1. The van der Waals surface area contributed by atoms with Crippen LogP contribution in [0.2, 0.25) is 0 Å². The maximum atomic E-state index is 13.0. The lowest BCUT2D eigenvalue weighted by Crippen LogP contribution is -2.13. The molecule has 0 saturated carbocycles. The number of hydrogen-bond acceptors (Lipinski definition) is 10. The van der Waals surface area contributed by atoms with Gasteiger partial charge in [-0.15, -0.1) is 10.2 Å². The lowest BCUT2D eigenvalue weighted by molar-refractivity contribution is -0.394. The zero-order chi connectivity index (χ0) is 28.3. The van der Waals surface area contributed by atoms with Gasteiger partial charge in [0.15, 0.2) is 5.75 Å². The molecule has 4 aromatic carbocycles. The zero-order valence-electron chi connectivity index (χ0n) is 19.8. The van der Waals surface area contributed by atoms with E-state index in [-0.39, 0.29) is 21.7 Å². The van der Waals surface area contributed by atoms with Crippen LogP contribution in [-0.2, 0) is 10.0 Å². The molecular weight excluding hydrogens is 534 g/mol. The minimum Gasteiger partial charge on any atom is -0.505 e. The molecule has 14 nitrogen and oxygen atoms in total. The molecule has 0 radical (unpaired) electrons. The first kappa shape index (κ1) is 26.6. The minimum atomic E-state index is -4.12. The van der Waals surface area contributed by atoms with Crippen molar-refractivity contribution in [2.75, 3.05) is 11.8 Å². The van der Waals surface area contributed by atoms with Crippen LogP contribution >= 0.6 is 0 Å². The third-order valence-corrected chi connectivity index (χ3v) is 6.86. The van der Waals surface area contributed by atoms with Crippen molar-refractivity contribution < 1.29 is 32.9 Å². The van der Waals surface area contributed by atoms with Crippen molar-refractivity contribution in [2.45, 2.75) is 4.90 Å². The van der Waals surface area contributed by atoms with Crippen LogP contribution in [-0.4, -0.2) is 36.4 Å². The highest BCUT2D eigenvalue weighted by molar-refractivity contribution is 7.92. The van der Waals surface area contributed by atoms with Crippen molar-refractivity contribution in [3.8, 4) is 11.5 Å². The summed E-state index contributed by atoms with van der Waals surface area (Å²) in [6, 6.07) is 15.3. The van der Waals surface area contributed by atoms with Gasteiger partial charge in [0.05, 0.1) is 33.6 Å². The summed E-state index contributed by atoms with van der Waals surface area (Å²) in [7, 11) is -2.68. The molecule has 39 heavy (non-hydrogen) atoms. The smallest absolute Gasteiger partial charge is 0.302 e. The minimum absolute atomic E-state index is 0.00179. The van der Waals surface area contributed by atoms with Gasteiger partial charge in [-0.25, -0.2) is 8.42 Å². The summed E-state index contributed by atoms with van der Waals surface area (Å²) in [5.74, 6) is -1.21. The number of anilines is 1. The Hall–Kier alpha value is -5.44. The molecule has 0 saturated heterocycles. The van der Waals surface area contributed by atoms with Crippen molar-refractivity contribution >= 4 is 49.5 Å². The fraction of sp³-hybridized carbons (Fsp3) is 0.0417. The molecule has 15 heteroatoms. The van der Waals surface area contributed by atoms with Crippen LogP contribution in [0.4, 0.5) is 22.7 Å². The van der Waals surface area contributed by atoms with Crippen molar-refractivity contribution in [3.05, 3.63) is 98.6 Å². The van der Waals surface area contributed by atoms with Crippen molar-refractivity contribution in [1.82, 2.24) is 0 Å². The van der Waals surface area contributed by atoms with Gasteiger partial charge in [-0.3, -0.25) is 29.7 Å². The van der Waals surface area contributed by atoms with Gasteiger partial charge in [0.1, 0.15) is 17.0 Å². The lowest BCUT2D eigenvalue weighted by atomic mass is 10.1. The van der Waals surface area contributed by atoms with Gasteiger partial charge in [0, 0.05) is 16.8 Å². The highest BCUT2D eigenvalue weighted by atomic mass is 32.2. The van der Waals surface area contributed by atoms with Crippen molar-refractivity contribution in [1.29, 1.82) is 0 Å². The molecule has 2 N–H and O–H groups in total. The van der Waals surface area contributed by atoms with Gasteiger partial charge in [-0.05, 0) is 36.4 Å². The van der Waals surface area contributed by atoms with E-state index >= 15 is 0 Å². The summed E-state index contributed by atoms with van der Waals surface area (Å²) in [4.78, 5) is 33.0. The summed E-state index contributed by atoms with van der Waals surface area (Å²) in [6.07, 6.45) is 0. The molecule has 0 aliphatic carbocycles. The average Bonchev–Trinajstić information content (AvgIpc) is 2.93. The third kappa shape index (κ3) is 5.47. The molecule has 0 aromatic heterocycles. The van der Waals surface area contributed by atoms with E-state index in [9.17, 15) is 38.5 Å². The Bertz CT molecular complexity index is 1770. The van der Waals surface area contributed by atoms with Crippen molar-refractivity contribution in [2.24, 2.45) is 10.2 Å². The standard InChI is InChI=1S/C24H17N5O9S/c1-38-15-7-9-16(10-8-15)39(36,37)27-20-13-21(23(30)18-5-3-2-4-17(18)20)25-26-24(31)19-11-6-14(28(32)33)12-22(19)29(34)35/h2-13,27,30H,1H3. The van der Waals surface area contributed by atoms with Crippen LogP contribution in [0.25, 0.3) is 10.8 Å². The number of nitrogens with zero attached hydrogens (tertiary/aromatic N) is 4. The fourth-order valence-electron chi connectivity index (χ4n) is 3.58. The molecule has 0 atom stereocenters. The van der Waals surface area contributed by atoms with Crippen LogP contribution in [0.1, 0.15) is 10.4 Å². The Labute approximate surface area is 219 Å². The molecule has 0 aliphatic heterocycles. The maximum absolute atomic E-state index is 13.0. The number of nitro benzene ring substituents is 2. The van der Waals surface area contributed by atoms with Gasteiger partial charge in [0.2, 0.25) is 0 Å². The topological polar surface area (TPSA) is 204 Å². The Morgan fingerprint density at radius 2 is 1.62 bits per heavy atom. The van der Waals surface area contributed by atoms with Crippen LogP contribution in [0.15, 0.2) is 87.9 Å². The number of nitro groups is 2. The van der Waals surface area contributed by atoms with E-state index in [0.29, 0.717) is 17.2 Å². The van der Waals surface area contributed by atoms with E-state index in [0.717, 1.165) is 18.2 Å². The number of azo groups is 1. The Kier molecular flexibility index (Phi) is 7.17. The number of hydrogen-bond donors (Lipinski definition) is 2. The van der Waals surface area contributed by atoms with E-state index < -0.39 is 48.5 Å². The van der Waals surface area contributed by atoms with Crippen LogP contribution in [0.3, 0.4) is 0 Å². The van der Waals surface area contributed by atoms with E-state index in [1.807, 2.05) is 0 Å². The number of rotatable bonds is 8. The summed E-state index contributed by atoms with van der Waals surface area (Å²) in [5, 5.41) is 40.6. The van der Waals surface area contributed by atoms with Crippen molar-refractivity contribution in [3.63, 3.8) is 0 Å². The lowest BCUT2D eigenvalue weighted by Gasteiger charge is -2.13. The number of aromatic hydroxyl groups is 1. The second-order valence-electron chi connectivity index (χ2n) is 7.84. The fourth-order valence-corrected chi connectivity index (χ4v) is 4.65. The first-order valence-electron chi connectivity index (χ1n) is 10.8. The van der Waals surface area contributed by atoms with Crippen LogP contribution in [0, 0.1) is 20.2 Å². The van der Waals surface area contributed by atoms with E-state index in [4.69, 9.17) is 4.74 Å². The molecule has 4 aromatic rings. The Morgan fingerprint density at radius 1 is 0.949 bits per heavy atom. The molecule has 0 spiro atoms. The molecule has 0 unspecified atom stereocenters. The highest BCUT2D eigenvalue weighted by Gasteiger charge is 2.24. The molecule has 0 heterocycles. The number of nitrogens with one attached hydrogen (secondary N) is 1. The predicted octanol–water partition coefficient (Wildman–Crippen LogP) is 5.10. The third-order valence-electron chi connectivity index (χ3n) is 5.48. The molecule has 1 amide bonds. The average molecular weight is 551 g/mol. The number of carbonyl (C=O) groups excluding carboxylic acids is 1. The molecule has 4 rings (SSSR count). The largest absolute Gasteiger partial charge is 0.505 e. The van der Waals surface area contributed by atoms with Gasteiger partial charge in [0.25, 0.3) is 21.4 Å². The Balaban J connectivity index is 1.74. The second kappa shape index (κ2) is 10.5. The normalized spacial score (nSPS) is 11.4. The first-order valence-corrected chi connectivity index (χ1v) is 12.3. The second-order valence-corrected chi connectivity index (χ2v) is 9.52. The van der Waals surface area contributed by atoms with Gasteiger partial charge < -0.3 is 9.84 Å². The summed E-state index contributed by atoms with van der Waals surface area (Å²) in [5.41, 5.74) is -2.35. The number of non-ortho nitro benzene ring substituents is 1. The number of ether oxygens (including phenoxy) is 1. The summed E-state index contributed by atoms with van der Waals surface area (Å²) < 4.78 is 33.5. The number of phenols is 1. The maximum Gasteiger partial charge on any atom is 0.302 e. The SMILES string of the molecule is COc1ccc(S(=O)(=O)Nc2cc(N=NC(=O)c3ccc([N+](=O)[O-])cc3[N+](=O)[O-])c(O)c3ccccc23)cc1. The molecule has 0 aliphatic rings. The van der Waals surface area contributed by atoms with Crippen LogP contribution < -0.4 is 9.46 Å². The van der Waals surface area contributed by atoms with E-state index in [2.05, 4.69) is 15.0 Å². The van der Waals surface area contributed by atoms with Crippen LogP contribution in [0.5, 0.6) is 11.5 Å². The monoisotopic (exact) mass is 551 g/mol. The van der Waals surface area contributed by atoms with Gasteiger partial charge >= 0.3 is 5.91 Å². The highest BCUT2D eigenvalue weighted by Crippen LogP contribution is 2.40. The Morgan fingerprint density at radius 3 is 2.23 bits per heavy atom. The summed E-state index contributed by atoms with van der Waals surface area (Å²) >= 11 is 0. The number of sulfonamides is 1.